The Kier molecular flexibility index (Phi) is 6.02. The largest absolute Gasteiger partial charge is 0.249 e. The van der Waals surface area contributed by atoms with Crippen molar-refractivity contribution in [2.24, 2.45) is 5.41 Å². The Labute approximate surface area is 204 Å². The van der Waals surface area contributed by atoms with Gasteiger partial charge in [0.15, 0.2) is 0 Å². The van der Waals surface area contributed by atoms with Crippen LogP contribution in [0.4, 0.5) is 0 Å². The molecule has 0 atom stereocenters. The lowest BCUT2D eigenvalue weighted by atomic mass is 9.83. The molecule has 1 aromatic heterocycles. The molecule has 1 N–H and O–H groups in total. The van der Waals surface area contributed by atoms with Crippen molar-refractivity contribution in [1.82, 2.24) is 20.2 Å². The first kappa shape index (κ1) is 22.2. The summed E-state index contributed by atoms with van der Waals surface area (Å²) >= 11 is 19.1. The average Bonchev–Trinajstić information content (AvgIpc) is 3.11. The van der Waals surface area contributed by atoms with Crippen LogP contribution in [0.5, 0.6) is 0 Å². The molecule has 7 heteroatoms. The minimum absolute atomic E-state index is 0.426. The van der Waals surface area contributed by atoms with Crippen molar-refractivity contribution in [3.05, 3.63) is 68.3 Å². The Morgan fingerprint density at radius 1 is 0.969 bits per heavy atom. The monoisotopic (exact) mass is 488 g/mol. The maximum absolute atomic E-state index is 6.60. The third kappa shape index (κ3) is 4.32. The predicted octanol–water partition coefficient (Wildman–Crippen LogP) is 6.72. The molecule has 32 heavy (non-hydrogen) atoms. The van der Waals surface area contributed by atoms with Crippen LogP contribution in [-0.2, 0) is 19.4 Å². The smallest absolute Gasteiger partial charge is 0.0840 e. The summed E-state index contributed by atoms with van der Waals surface area (Å²) < 4.78 is 1.98. The Morgan fingerprint density at radius 2 is 1.69 bits per heavy atom. The van der Waals surface area contributed by atoms with Gasteiger partial charge in [-0.05, 0) is 67.0 Å². The molecule has 0 spiro atoms. The fraction of sp³-hybridized carbons (Fsp3) is 0.400. The maximum atomic E-state index is 6.60. The van der Waals surface area contributed by atoms with Crippen LogP contribution in [0.3, 0.4) is 0 Å². The topological polar surface area (TPSA) is 33.1 Å². The molecule has 4 nitrogen and oxygen atoms in total. The number of piperidine rings is 1. The minimum Gasteiger partial charge on any atom is -0.249 e. The molecule has 3 aromatic rings. The first-order valence-electron chi connectivity index (χ1n) is 11.1. The number of rotatable bonds is 4. The van der Waals surface area contributed by atoms with E-state index >= 15 is 0 Å². The van der Waals surface area contributed by atoms with E-state index in [4.69, 9.17) is 39.9 Å². The average molecular weight is 490 g/mol. The van der Waals surface area contributed by atoms with E-state index in [1.165, 1.54) is 29.5 Å². The van der Waals surface area contributed by atoms with Crippen LogP contribution in [0.1, 0.15) is 43.5 Å². The van der Waals surface area contributed by atoms with Crippen molar-refractivity contribution in [3.8, 4) is 16.9 Å². The van der Waals surface area contributed by atoms with E-state index in [2.05, 4.69) is 36.4 Å². The summed E-state index contributed by atoms with van der Waals surface area (Å²) in [6.45, 7) is 7.51. The molecule has 0 radical (unpaired) electrons. The van der Waals surface area contributed by atoms with Gasteiger partial charge in [0.2, 0.25) is 0 Å². The Balaban J connectivity index is 1.52. The van der Waals surface area contributed by atoms with E-state index in [-0.39, 0.29) is 0 Å². The number of nitrogens with one attached hydrogen (secondary N) is 1. The number of aromatic nitrogens is 2. The Bertz CT molecular complexity index is 1160. The lowest BCUT2D eigenvalue weighted by Crippen LogP contribution is -2.45. The summed E-state index contributed by atoms with van der Waals surface area (Å²) in [5, 5.41) is 9.35. The summed E-state index contributed by atoms with van der Waals surface area (Å²) in [7, 11) is 0. The van der Waals surface area contributed by atoms with Gasteiger partial charge in [0.05, 0.1) is 28.6 Å². The van der Waals surface area contributed by atoms with E-state index in [0.29, 0.717) is 22.0 Å². The van der Waals surface area contributed by atoms with Crippen LogP contribution < -0.4 is 5.43 Å². The molecule has 1 fully saturated rings. The van der Waals surface area contributed by atoms with E-state index in [1.807, 2.05) is 22.9 Å². The summed E-state index contributed by atoms with van der Waals surface area (Å²) in [6.07, 6.45) is 4.27. The second kappa shape index (κ2) is 8.66. The normalized spacial score (nSPS) is 17.8. The molecule has 0 amide bonds. The first-order chi connectivity index (χ1) is 15.3. The lowest BCUT2D eigenvalue weighted by molar-refractivity contribution is 0.0842. The van der Waals surface area contributed by atoms with Gasteiger partial charge in [-0.3, -0.25) is 0 Å². The summed E-state index contributed by atoms with van der Waals surface area (Å²) in [6, 6.07) is 11.7. The number of nitrogens with zero attached hydrogens (tertiary/aromatic N) is 3. The van der Waals surface area contributed by atoms with Gasteiger partial charge >= 0.3 is 0 Å². The Hall–Kier alpha value is -1.56. The molecular weight excluding hydrogens is 463 g/mol. The van der Waals surface area contributed by atoms with E-state index in [9.17, 15) is 0 Å². The van der Waals surface area contributed by atoms with Gasteiger partial charge in [0, 0.05) is 34.3 Å². The zero-order valence-electron chi connectivity index (χ0n) is 18.4. The zero-order valence-corrected chi connectivity index (χ0v) is 20.7. The summed E-state index contributed by atoms with van der Waals surface area (Å²) in [5.74, 6) is 0. The molecule has 0 saturated carbocycles. The van der Waals surface area contributed by atoms with E-state index in [1.54, 1.807) is 6.07 Å². The van der Waals surface area contributed by atoms with Crippen LogP contribution in [0.2, 0.25) is 15.1 Å². The van der Waals surface area contributed by atoms with Gasteiger partial charge < -0.3 is 0 Å². The standard InChI is InChI=1S/C25H27Cl3N4/c1-25(2)9-11-31(12-10-25)29-15-22-20-6-3-16-13-17(26)4-7-19(16)24(20)32(30-22)23-8-5-18(27)14-21(23)28/h4-5,7-8,13-14,29H,3,6,9-12,15H2,1-2H3. The Morgan fingerprint density at radius 3 is 2.44 bits per heavy atom. The highest BCUT2D eigenvalue weighted by molar-refractivity contribution is 6.35. The van der Waals surface area contributed by atoms with Gasteiger partial charge in [-0.15, -0.1) is 0 Å². The molecule has 5 rings (SSSR count). The van der Waals surface area contributed by atoms with Crippen LogP contribution in [0.15, 0.2) is 36.4 Å². The number of benzene rings is 2. The number of hydrogen-bond donors (Lipinski definition) is 1. The molecule has 0 unspecified atom stereocenters. The highest BCUT2D eigenvalue weighted by Gasteiger charge is 2.28. The quantitative estimate of drug-likeness (QED) is 0.441. The molecule has 168 valence electrons. The third-order valence-electron chi connectivity index (χ3n) is 6.76. The van der Waals surface area contributed by atoms with Crippen molar-refractivity contribution in [1.29, 1.82) is 0 Å². The third-order valence-corrected chi connectivity index (χ3v) is 7.53. The predicted molar refractivity (Wildman–Crippen MR) is 133 cm³/mol. The van der Waals surface area contributed by atoms with Crippen molar-refractivity contribution >= 4 is 34.8 Å². The fourth-order valence-electron chi connectivity index (χ4n) is 4.72. The fourth-order valence-corrected chi connectivity index (χ4v) is 5.40. The van der Waals surface area contributed by atoms with Crippen LogP contribution in [-0.4, -0.2) is 27.9 Å². The number of hydrazine groups is 1. The SMILES string of the molecule is CC1(C)CCN(NCc2nn(-c3ccc(Cl)cc3Cl)c3c2CCc2cc(Cl)ccc2-3)CC1. The minimum atomic E-state index is 0.426. The number of halogens is 3. The lowest BCUT2D eigenvalue weighted by Gasteiger charge is -2.37. The van der Waals surface area contributed by atoms with Gasteiger partial charge in [-0.25, -0.2) is 15.1 Å². The zero-order chi connectivity index (χ0) is 22.5. The summed E-state index contributed by atoms with van der Waals surface area (Å²) in [4.78, 5) is 0. The van der Waals surface area contributed by atoms with Crippen LogP contribution in [0.25, 0.3) is 16.9 Å². The molecule has 1 saturated heterocycles. The van der Waals surface area contributed by atoms with Gasteiger partial charge in [-0.1, -0.05) is 54.7 Å². The molecule has 2 heterocycles. The molecule has 1 aliphatic heterocycles. The summed E-state index contributed by atoms with van der Waals surface area (Å²) in [5.41, 5.74) is 10.7. The molecule has 2 aromatic carbocycles. The van der Waals surface area contributed by atoms with Gasteiger partial charge in [0.25, 0.3) is 0 Å². The molecular formula is C25H27Cl3N4. The van der Waals surface area contributed by atoms with Crippen molar-refractivity contribution < 1.29 is 0 Å². The molecule has 0 bridgehead atoms. The number of aryl methyl sites for hydroxylation is 1. The first-order valence-corrected chi connectivity index (χ1v) is 12.3. The van der Waals surface area contributed by atoms with Crippen LogP contribution >= 0.6 is 34.8 Å². The second-order valence-corrected chi connectivity index (χ2v) is 10.8. The highest BCUT2D eigenvalue weighted by atomic mass is 35.5. The van der Waals surface area contributed by atoms with Crippen LogP contribution in [0, 0.1) is 5.41 Å². The van der Waals surface area contributed by atoms with Gasteiger partial charge in [0.1, 0.15) is 0 Å². The highest BCUT2D eigenvalue weighted by Crippen LogP contribution is 2.39. The maximum Gasteiger partial charge on any atom is 0.0840 e. The van der Waals surface area contributed by atoms with Crippen molar-refractivity contribution in [2.45, 2.75) is 46.1 Å². The van der Waals surface area contributed by atoms with Crippen molar-refractivity contribution in [2.75, 3.05) is 13.1 Å². The van der Waals surface area contributed by atoms with E-state index in [0.717, 1.165) is 48.0 Å². The number of hydrogen-bond acceptors (Lipinski definition) is 3. The van der Waals surface area contributed by atoms with E-state index < -0.39 is 0 Å². The second-order valence-electron chi connectivity index (χ2n) is 9.57. The number of fused-ring (bicyclic) bond motifs is 3. The molecule has 2 aliphatic rings. The van der Waals surface area contributed by atoms with Crippen molar-refractivity contribution in [3.63, 3.8) is 0 Å². The molecule has 1 aliphatic carbocycles. The van der Waals surface area contributed by atoms with Gasteiger partial charge in [-0.2, -0.15) is 5.10 Å².